The minimum Gasteiger partial charge on any atom is -0.313 e. The second-order valence-electron chi connectivity index (χ2n) is 35.9. The fourth-order valence-corrected chi connectivity index (χ4v) is 45.4. The average Bonchev–Trinajstić information content (AvgIpc) is 1.50. The molecule has 22 rings (SSSR count). The molecule has 1 spiro atoms. The van der Waals surface area contributed by atoms with E-state index in [1.165, 1.54) is 32.0 Å². The largest absolute Gasteiger partial charge is 0.313 e. The van der Waals surface area contributed by atoms with Gasteiger partial charge in [0.2, 0.25) is 0 Å². The summed E-state index contributed by atoms with van der Waals surface area (Å²) in [6, 6.07) is 134. The van der Waals surface area contributed by atoms with Crippen molar-refractivity contribution in [2.75, 3.05) is 5.90 Å². The van der Waals surface area contributed by atoms with E-state index in [0.717, 1.165) is 139 Å². The number of pyridine rings is 3. The van der Waals surface area contributed by atoms with Crippen LogP contribution in [0.4, 0.5) is 0 Å². The molecular weight excluding hydrogens is 1920 g/mol. The highest BCUT2D eigenvalue weighted by molar-refractivity contribution is 7.95. The van der Waals surface area contributed by atoms with Crippen LogP contribution < -0.4 is 88.1 Å². The van der Waals surface area contributed by atoms with Crippen molar-refractivity contribution in [1.82, 2.24) is 15.0 Å². The maximum atomic E-state index is 16.0. The molecule has 0 amide bonds. The van der Waals surface area contributed by atoms with Crippen LogP contribution in [-0.4, -0.2) is 20.9 Å². The number of hydrogen-bond acceptors (Lipinski definition) is 13. The van der Waals surface area contributed by atoms with E-state index in [9.17, 15) is 22.8 Å². The van der Waals surface area contributed by atoms with Gasteiger partial charge < -0.3 is 32.0 Å². The Balaban J connectivity index is 0.000000128. The van der Waals surface area contributed by atoms with Gasteiger partial charge in [0.25, 0.3) is 0 Å². The summed E-state index contributed by atoms with van der Waals surface area (Å²) in [7, 11) is -21.0. The second-order valence-corrected chi connectivity index (χ2v) is 60.6. The van der Waals surface area contributed by atoms with Gasteiger partial charge in [0.15, 0.2) is 50.0 Å². The number of hydrogen-bond donors (Lipinski definition) is 0. The molecule has 3 aliphatic rings. The molecule has 141 heavy (non-hydrogen) atoms. The Morgan fingerprint density at radius 2 is 0.589 bits per heavy atom. The highest BCUT2D eigenvalue weighted by Crippen LogP contribution is 2.66. The number of allylic oxidation sites excluding steroid dienone is 4. The molecular formula is C121H106N3O7P7S3. The normalized spacial score (nSPS) is 14.5. The van der Waals surface area contributed by atoms with Gasteiger partial charge in [0.05, 0.1) is 25.2 Å². The van der Waals surface area contributed by atoms with Crippen molar-refractivity contribution in [1.29, 1.82) is 0 Å². The Hall–Kier alpha value is -12.5. The van der Waals surface area contributed by atoms with Crippen LogP contribution in [0, 0.1) is 55.4 Å². The first-order valence-corrected chi connectivity index (χ1v) is 61.5. The predicted octanol–water partition coefficient (Wildman–Crippen LogP) is 25.3. The van der Waals surface area contributed by atoms with Crippen molar-refractivity contribution in [2.45, 2.75) is 74.7 Å². The summed E-state index contributed by atoms with van der Waals surface area (Å²) in [6.07, 6.45) is 10.6. The molecule has 20 heteroatoms. The summed E-state index contributed by atoms with van der Waals surface area (Å²) in [5, 5.41) is 14.8. The number of fused-ring (bicyclic) bond motifs is 10. The lowest BCUT2D eigenvalue weighted by Crippen LogP contribution is -2.31. The van der Waals surface area contributed by atoms with E-state index < -0.39 is 55.4 Å². The molecule has 19 aromatic rings. The Morgan fingerprint density at radius 1 is 0.270 bits per heavy atom. The number of benzene rings is 13. The van der Waals surface area contributed by atoms with Gasteiger partial charge >= 0.3 is 0 Å². The Morgan fingerprint density at radius 3 is 0.943 bits per heavy atom. The van der Waals surface area contributed by atoms with Crippen molar-refractivity contribution < 1.29 is 32.0 Å². The molecule has 0 saturated heterocycles. The van der Waals surface area contributed by atoms with Crippen LogP contribution in [0.1, 0.15) is 79.5 Å². The minimum atomic E-state index is -3.31. The lowest BCUT2D eigenvalue weighted by atomic mass is 9.70. The molecule has 7 heterocycles. The maximum Gasteiger partial charge on any atom is 0.199 e. The summed E-state index contributed by atoms with van der Waals surface area (Å²) in [5.74, 6) is 0.0835. The van der Waals surface area contributed by atoms with Crippen molar-refractivity contribution in [3.8, 4) is 22.3 Å². The molecule has 0 N–H and O–H groups in total. The molecule has 4 unspecified atom stereocenters. The molecule has 1 aliphatic heterocycles. The second kappa shape index (κ2) is 41.6. The average molecular weight is 2030 g/mol. The Kier molecular flexibility index (Phi) is 29.1. The standard InChI is InChI=1S/C51H38O2P2.C27H26O2P2.C17H16N3OP.C14H13OPS3.C12H13OP/c1-35-21-25-39(26-22-35)54(52,37-13-5-3-6-14-37)41-29-31-45-46-32-30-42(55(53,38-15-7-4-8-16-38)40-27-23-36(2)24-28-40)34-50(46)51(49(45)33-41)47-19-11-9-17-43(47)44-18-10-12-20-48(44)51;1-22-13-17-26(18-14-22)30(28,24-9-5-3-6-10-24)21-31(29,25-11-7-4-8-12-25)27-19-15-23(2)16-20-27;1-13-5-7-16(11-19-13)22(21,15-4-3-9-18-10-15)17-8-6-14(2)20-12-17;1-10-5-7-13(18-10)16(15,12-4-3-9-17-12)14-8-6-11(2)19-14;1-10-8-9-11(2)14(10,13)12-6-4-3-5-7-12/h3-34H,1-2H3;3-20H,21H2,1-2H3;3-12H,1-2H3;3-9H,1-2H3;3-9H,1-2H3. The smallest absolute Gasteiger partial charge is 0.199 e. The van der Waals surface area contributed by atoms with Gasteiger partial charge in [0.1, 0.15) is 0 Å². The van der Waals surface area contributed by atoms with Gasteiger partial charge in [-0.15, -0.1) is 34.0 Å². The van der Waals surface area contributed by atoms with E-state index in [1.807, 2.05) is 338 Å². The monoisotopic (exact) mass is 2030 g/mol. The first kappa shape index (κ1) is 98.7. The summed E-state index contributed by atoms with van der Waals surface area (Å²) >= 11 is 4.88. The van der Waals surface area contributed by atoms with E-state index in [4.69, 9.17) is 0 Å². The zero-order chi connectivity index (χ0) is 98.5. The van der Waals surface area contributed by atoms with E-state index >= 15 is 9.13 Å². The SMILES string of the molecule is CC1=CC=C(C)P1(=O)c1ccccc1.Cc1ccc(P(=O)(CP(=O)(c2ccccc2)c2ccc(C)cc2)c2ccccc2)cc1.Cc1ccc(P(=O)(c2ccccc2)c2ccc3c(c2)C2(c4ccccc4-c4ccccc42)c2cc(P(=O)(c4ccccc4)c4ccc(C)cc4)ccc2-3)cc1.Cc1ccc(P(=O)(c2cccnc2)c2ccc(C)nc2)cn1.Cc1ccc(P(=O)(c2cccs2)c2ccc(C)s2)s1. The van der Waals surface area contributed by atoms with Gasteiger partial charge in [-0.1, -0.05) is 362 Å². The van der Waals surface area contributed by atoms with Crippen molar-refractivity contribution >= 4 is 172 Å². The number of aromatic nitrogens is 3. The van der Waals surface area contributed by atoms with Crippen LogP contribution in [0.3, 0.4) is 0 Å². The van der Waals surface area contributed by atoms with E-state index in [2.05, 4.69) is 164 Å². The van der Waals surface area contributed by atoms with Crippen molar-refractivity contribution in [2.24, 2.45) is 0 Å². The summed E-state index contributed by atoms with van der Waals surface area (Å²) in [4.78, 5) is 15.1. The van der Waals surface area contributed by atoms with Gasteiger partial charge in [-0.05, 0) is 209 Å². The molecule has 6 aromatic heterocycles. The van der Waals surface area contributed by atoms with Crippen LogP contribution in [0.5, 0.6) is 0 Å². The molecule has 4 atom stereocenters. The van der Waals surface area contributed by atoms with Crippen LogP contribution >= 0.6 is 84.0 Å². The van der Waals surface area contributed by atoms with Crippen LogP contribution in [-0.2, 0) is 37.4 Å². The Bertz CT molecular complexity index is 7770. The summed E-state index contributed by atoms with van der Waals surface area (Å²) in [5.41, 5.74) is 14.6. The minimum absolute atomic E-state index is 0.0835. The lowest BCUT2D eigenvalue weighted by Gasteiger charge is -2.32. The number of thiophene rings is 3. The van der Waals surface area contributed by atoms with E-state index in [-0.39, 0.29) is 5.90 Å². The molecule has 0 fully saturated rings. The molecule has 10 nitrogen and oxygen atoms in total. The van der Waals surface area contributed by atoms with Crippen LogP contribution in [0.2, 0.25) is 0 Å². The zero-order valence-corrected chi connectivity index (χ0v) is 88.7. The maximum absolute atomic E-state index is 16.0. The third-order valence-electron chi connectivity index (χ3n) is 26.6. The Labute approximate surface area is 840 Å². The number of nitrogens with zero attached hydrogens (tertiary/aromatic N) is 3. The molecule has 700 valence electrons. The van der Waals surface area contributed by atoms with Gasteiger partial charge in [-0.3, -0.25) is 15.0 Å². The molecule has 2 aliphatic carbocycles. The van der Waals surface area contributed by atoms with Gasteiger partial charge in [-0.2, -0.15) is 0 Å². The highest BCUT2D eigenvalue weighted by atomic mass is 32.1. The third-order valence-corrected chi connectivity index (χ3v) is 54.4. The first-order valence-electron chi connectivity index (χ1n) is 46.7. The first-order chi connectivity index (χ1) is 68.1. The summed E-state index contributed by atoms with van der Waals surface area (Å²) < 4.78 is 105. The zero-order valence-electron chi connectivity index (χ0n) is 80.0. The van der Waals surface area contributed by atoms with Crippen molar-refractivity contribution in [3.63, 3.8) is 0 Å². The van der Waals surface area contributed by atoms with Gasteiger partial charge in [0, 0.05) is 120 Å². The van der Waals surface area contributed by atoms with Crippen LogP contribution in [0.25, 0.3) is 22.3 Å². The molecule has 13 aromatic carbocycles. The van der Waals surface area contributed by atoms with E-state index in [0.29, 0.717) is 15.9 Å². The molecule has 0 radical (unpaired) electrons. The summed E-state index contributed by atoms with van der Waals surface area (Å²) in [6.45, 7) is 20.0. The number of rotatable bonds is 19. The van der Waals surface area contributed by atoms with Gasteiger partial charge in [-0.25, -0.2) is 0 Å². The van der Waals surface area contributed by atoms with Crippen LogP contribution in [0.15, 0.2) is 459 Å². The highest BCUT2D eigenvalue weighted by Gasteiger charge is 2.53. The lowest BCUT2D eigenvalue weighted by molar-refractivity contribution is 0.581. The fourth-order valence-electron chi connectivity index (χ4n) is 19.0. The number of aryl methyl sites for hydroxylation is 8. The fraction of sp³-hybridized carbons (Fsp3) is 0.0992. The quantitative estimate of drug-likeness (QED) is 0.0714. The molecule has 0 saturated carbocycles. The third kappa shape index (κ3) is 19.0. The predicted molar refractivity (Wildman–Crippen MR) is 604 cm³/mol. The molecule has 0 bridgehead atoms. The van der Waals surface area contributed by atoms with Crippen molar-refractivity contribution in [3.05, 3.63) is 525 Å². The topological polar surface area (TPSA) is 158 Å². The van der Waals surface area contributed by atoms with E-state index in [1.54, 1.807) is 64.9 Å².